The summed E-state index contributed by atoms with van der Waals surface area (Å²) in [5.41, 5.74) is 7.45. The van der Waals surface area contributed by atoms with E-state index < -0.39 is 0 Å². The maximum atomic E-state index is 14.1. The normalized spacial score (nSPS) is 12.2. The average Bonchev–Trinajstić information content (AvgIpc) is 2.42. The Morgan fingerprint density at radius 3 is 2.47 bits per heavy atom. The van der Waals surface area contributed by atoms with Gasteiger partial charge in [-0.2, -0.15) is 0 Å². The van der Waals surface area contributed by atoms with Gasteiger partial charge in [-0.05, 0) is 24.3 Å². The molecule has 2 N–H and O–H groups in total. The van der Waals surface area contributed by atoms with Gasteiger partial charge in [0, 0.05) is 29.3 Å². The highest BCUT2D eigenvalue weighted by atomic mass is 79.9. The number of halogens is 2. The minimum Gasteiger partial charge on any atom is -0.366 e. The molecule has 0 saturated carbocycles. The fourth-order valence-corrected chi connectivity index (χ4v) is 2.44. The van der Waals surface area contributed by atoms with Crippen molar-refractivity contribution in [2.75, 3.05) is 18.5 Å². The molecule has 0 aliphatic carbocycles. The van der Waals surface area contributed by atoms with E-state index >= 15 is 0 Å². The highest BCUT2D eigenvalue weighted by Gasteiger charge is 2.19. The lowest BCUT2D eigenvalue weighted by Crippen LogP contribution is -2.31. The SMILES string of the molecule is CN(c1ccccc1)C(CN)c1ccc(Br)cc1F. The number of hydrogen-bond acceptors (Lipinski definition) is 2. The van der Waals surface area contributed by atoms with E-state index in [0.717, 1.165) is 10.2 Å². The summed E-state index contributed by atoms with van der Waals surface area (Å²) in [6.45, 7) is 0.351. The summed E-state index contributed by atoms with van der Waals surface area (Å²) >= 11 is 3.26. The predicted octanol–water partition coefficient (Wildman–Crippen LogP) is 3.72. The van der Waals surface area contributed by atoms with Crippen molar-refractivity contribution in [3.63, 3.8) is 0 Å². The van der Waals surface area contributed by atoms with Gasteiger partial charge >= 0.3 is 0 Å². The van der Waals surface area contributed by atoms with Crippen LogP contribution in [0.3, 0.4) is 0 Å². The highest BCUT2D eigenvalue weighted by molar-refractivity contribution is 9.10. The van der Waals surface area contributed by atoms with Crippen molar-refractivity contribution in [2.24, 2.45) is 5.73 Å². The first kappa shape index (κ1) is 14.0. The maximum Gasteiger partial charge on any atom is 0.129 e. The first-order valence-corrected chi connectivity index (χ1v) is 6.85. The van der Waals surface area contributed by atoms with E-state index in [4.69, 9.17) is 5.73 Å². The van der Waals surface area contributed by atoms with Crippen LogP contribution in [0.15, 0.2) is 53.0 Å². The number of hydrogen-bond donors (Lipinski definition) is 1. The fraction of sp³-hybridized carbons (Fsp3) is 0.200. The Kier molecular flexibility index (Phi) is 4.56. The summed E-state index contributed by atoms with van der Waals surface area (Å²) in [6, 6.07) is 14.7. The van der Waals surface area contributed by atoms with Gasteiger partial charge in [0.05, 0.1) is 6.04 Å². The predicted molar refractivity (Wildman–Crippen MR) is 80.7 cm³/mol. The first-order chi connectivity index (χ1) is 9.13. The number of nitrogens with two attached hydrogens (primary N) is 1. The maximum absolute atomic E-state index is 14.1. The Labute approximate surface area is 121 Å². The number of anilines is 1. The van der Waals surface area contributed by atoms with Crippen LogP contribution in [-0.2, 0) is 0 Å². The largest absolute Gasteiger partial charge is 0.366 e. The van der Waals surface area contributed by atoms with E-state index in [-0.39, 0.29) is 11.9 Å². The zero-order valence-corrected chi connectivity index (χ0v) is 12.3. The van der Waals surface area contributed by atoms with Crippen LogP contribution in [0.4, 0.5) is 10.1 Å². The number of likely N-dealkylation sites (N-methyl/N-ethyl adjacent to an activating group) is 1. The summed E-state index contributed by atoms with van der Waals surface area (Å²) in [6.07, 6.45) is 0. The lowest BCUT2D eigenvalue weighted by atomic mass is 10.0. The molecule has 1 unspecified atom stereocenters. The van der Waals surface area contributed by atoms with Gasteiger partial charge in [0.15, 0.2) is 0 Å². The molecule has 0 radical (unpaired) electrons. The molecule has 19 heavy (non-hydrogen) atoms. The van der Waals surface area contributed by atoms with Crippen LogP contribution in [-0.4, -0.2) is 13.6 Å². The molecule has 100 valence electrons. The van der Waals surface area contributed by atoms with Gasteiger partial charge in [0.2, 0.25) is 0 Å². The Morgan fingerprint density at radius 1 is 1.21 bits per heavy atom. The lowest BCUT2D eigenvalue weighted by molar-refractivity contribution is 0.572. The van der Waals surface area contributed by atoms with Gasteiger partial charge in [-0.3, -0.25) is 0 Å². The van der Waals surface area contributed by atoms with Crippen molar-refractivity contribution in [2.45, 2.75) is 6.04 Å². The van der Waals surface area contributed by atoms with E-state index in [2.05, 4.69) is 15.9 Å². The second-order valence-electron chi connectivity index (χ2n) is 4.36. The Morgan fingerprint density at radius 2 is 1.89 bits per heavy atom. The average molecular weight is 323 g/mol. The topological polar surface area (TPSA) is 29.3 Å². The number of nitrogens with zero attached hydrogens (tertiary/aromatic N) is 1. The van der Waals surface area contributed by atoms with Crippen LogP contribution in [0.2, 0.25) is 0 Å². The van der Waals surface area contributed by atoms with Crippen molar-refractivity contribution in [3.05, 3.63) is 64.4 Å². The van der Waals surface area contributed by atoms with Crippen LogP contribution in [0, 0.1) is 5.82 Å². The van der Waals surface area contributed by atoms with Gasteiger partial charge in [-0.25, -0.2) is 4.39 Å². The van der Waals surface area contributed by atoms with Gasteiger partial charge < -0.3 is 10.6 Å². The molecular weight excluding hydrogens is 307 g/mol. The summed E-state index contributed by atoms with van der Waals surface area (Å²) in [5, 5.41) is 0. The molecule has 0 bridgehead atoms. The van der Waals surface area contributed by atoms with Crippen molar-refractivity contribution in [3.8, 4) is 0 Å². The van der Waals surface area contributed by atoms with Crippen molar-refractivity contribution in [1.82, 2.24) is 0 Å². The van der Waals surface area contributed by atoms with Crippen molar-refractivity contribution >= 4 is 21.6 Å². The number of benzene rings is 2. The van der Waals surface area contributed by atoms with E-state index in [1.807, 2.05) is 48.3 Å². The molecule has 2 rings (SSSR count). The van der Waals surface area contributed by atoms with Gasteiger partial charge in [0.1, 0.15) is 5.82 Å². The zero-order valence-electron chi connectivity index (χ0n) is 10.7. The lowest BCUT2D eigenvalue weighted by Gasteiger charge is -2.29. The third-order valence-corrected chi connectivity index (χ3v) is 3.67. The van der Waals surface area contributed by atoms with Crippen LogP contribution < -0.4 is 10.6 Å². The van der Waals surface area contributed by atoms with Gasteiger partial charge in [0.25, 0.3) is 0 Å². The molecule has 0 saturated heterocycles. The van der Waals surface area contributed by atoms with Crippen molar-refractivity contribution < 1.29 is 4.39 Å². The smallest absolute Gasteiger partial charge is 0.129 e. The van der Waals surface area contributed by atoms with Crippen molar-refractivity contribution in [1.29, 1.82) is 0 Å². The molecule has 0 fully saturated rings. The molecule has 2 nitrogen and oxygen atoms in total. The molecule has 0 spiro atoms. The zero-order chi connectivity index (χ0) is 13.8. The van der Waals surface area contributed by atoms with Crippen LogP contribution >= 0.6 is 15.9 Å². The highest BCUT2D eigenvalue weighted by Crippen LogP contribution is 2.27. The van der Waals surface area contributed by atoms with E-state index in [0.29, 0.717) is 12.1 Å². The minimum absolute atomic E-state index is 0.185. The van der Waals surface area contributed by atoms with Gasteiger partial charge in [-0.15, -0.1) is 0 Å². The van der Waals surface area contributed by atoms with Gasteiger partial charge in [-0.1, -0.05) is 40.2 Å². The molecule has 0 aliphatic rings. The molecule has 2 aromatic carbocycles. The van der Waals surface area contributed by atoms with Crippen LogP contribution in [0.1, 0.15) is 11.6 Å². The van der Waals surface area contributed by atoms with Crippen LogP contribution in [0.25, 0.3) is 0 Å². The second-order valence-corrected chi connectivity index (χ2v) is 5.28. The first-order valence-electron chi connectivity index (χ1n) is 6.06. The number of para-hydroxylation sites is 1. The Hall–Kier alpha value is -1.39. The monoisotopic (exact) mass is 322 g/mol. The van der Waals surface area contributed by atoms with E-state index in [1.165, 1.54) is 6.07 Å². The molecular formula is C15H16BrFN2. The molecule has 0 aromatic heterocycles. The quantitative estimate of drug-likeness (QED) is 0.929. The van der Waals surface area contributed by atoms with E-state index in [1.54, 1.807) is 6.07 Å². The summed E-state index contributed by atoms with van der Waals surface area (Å²) < 4.78 is 14.8. The standard InChI is InChI=1S/C15H16BrFN2/c1-19(12-5-3-2-4-6-12)15(10-18)13-8-7-11(16)9-14(13)17/h2-9,15H,10,18H2,1H3. The molecule has 1 atom stereocenters. The number of rotatable bonds is 4. The molecule has 4 heteroatoms. The fourth-order valence-electron chi connectivity index (χ4n) is 2.11. The Bertz CT molecular complexity index is 545. The minimum atomic E-state index is -0.243. The summed E-state index contributed by atoms with van der Waals surface area (Å²) in [7, 11) is 1.92. The Balaban J connectivity index is 2.34. The molecule has 0 aliphatic heterocycles. The van der Waals surface area contributed by atoms with Crippen LogP contribution in [0.5, 0.6) is 0 Å². The molecule has 2 aromatic rings. The molecule has 0 heterocycles. The third-order valence-electron chi connectivity index (χ3n) is 3.18. The summed E-state index contributed by atoms with van der Waals surface area (Å²) in [5.74, 6) is -0.243. The third kappa shape index (κ3) is 3.14. The summed E-state index contributed by atoms with van der Waals surface area (Å²) in [4.78, 5) is 1.99. The molecule has 0 amide bonds. The van der Waals surface area contributed by atoms with E-state index in [9.17, 15) is 4.39 Å². The second kappa shape index (κ2) is 6.17.